The van der Waals surface area contributed by atoms with Gasteiger partial charge in [-0.3, -0.25) is 4.39 Å². The molecule has 0 heterocycles. The molecule has 0 spiro atoms. The van der Waals surface area contributed by atoms with Gasteiger partial charge in [-0.2, -0.15) is 0 Å². The highest BCUT2D eigenvalue weighted by Crippen LogP contribution is 2.06. The molecule has 1 rings (SSSR count). The molecule has 0 bridgehead atoms. The molecule has 0 radical (unpaired) electrons. The summed E-state index contributed by atoms with van der Waals surface area (Å²) in [6.07, 6.45) is 1.58. The predicted molar refractivity (Wildman–Crippen MR) is 50.4 cm³/mol. The van der Waals surface area contributed by atoms with Crippen LogP contribution in [0.3, 0.4) is 0 Å². The molecule has 0 atom stereocenters. The van der Waals surface area contributed by atoms with Gasteiger partial charge in [0, 0.05) is 0 Å². The van der Waals surface area contributed by atoms with Crippen LogP contribution in [0, 0.1) is 13.8 Å². The molecule has 12 heavy (non-hydrogen) atoms. The van der Waals surface area contributed by atoms with Crippen molar-refractivity contribution in [3.8, 4) is 0 Å². The van der Waals surface area contributed by atoms with E-state index in [0.717, 1.165) is 5.56 Å². The quantitative estimate of drug-likeness (QED) is 0.511. The molecular formula is C9H10ClNO. The van der Waals surface area contributed by atoms with E-state index in [9.17, 15) is 0 Å². The normalized spacial score (nSPS) is 10.6. The highest BCUT2D eigenvalue weighted by atomic mass is 35.5. The Balaban J connectivity index is 2.93. The van der Waals surface area contributed by atoms with Crippen molar-refractivity contribution in [2.75, 3.05) is 0 Å². The van der Waals surface area contributed by atoms with Crippen LogP contribution in [-0.4, -0.2) is 6.21 Å². The van der Waals surface area contributed by atoms with E-state index < -0.39 is 0 Å². The van der Waals surface area contributed by atoms with Crippen molar-refractivity contribution in [1.82, 2.24) is 0 Å². The number of halogens is 1. The first-order valence-electron chi connectivity index (χ1n) is 3.62. The molecule has 0 saturated heterocycles. The van der Waals surface area contributed by atoms with Crippen LogP contribution in [0.2, 0.25) is 0 Å². The number of oxime groups is 1. The van der Waals surface area contributed by atoms with Crippen LogP contribution in [0.4, 0.5) is 0 Å². The van der Waals surface area contributed by atoms with Crippen molar-refractivity contribution in [2.24, 2.45) is 5.16 Å². The van der Waals surface area contributed by atoms with Gasteiger partial charge in [-0.05, 0) is 19.4 Å². The number of aryl methyl sites for hydroxylation is 2. The number of nitrogens with zero attached hydrogens (tertiary/aromatic N) is 1. The topological polar surface area (TPSA) is 21.6 Å². The van der Waals surface area contributed by atoms with E-state index in [0.29, 0.717) is 0 Å². The lowest BCUT2D eigenvalue weighted by atomic mass is 10.1. The van der Waals surface area contributed by atoms with Gasteiger partial charge in [-0.15, -0.1) is 0 Å². The average molecular weight is 184 g/mol. The molecule has 0 aromatic heterocycles. The lowest BCUT2D eigenvalue weighted by molar-refractivity contribution is 0.383. The van der Waals surface area contributed by atoms with Gasteiger partial charge in [0.2, 0.25) is 0 Å². The van der Waals surface area contributed by atoms with E-state index in [1.165, 1.54) is 11.1 Å². The number of hydrogen-bond acceptors (Lipinski definition) is 2. The fourth-order valence-electron chi connectivity index (χ4n) is 1.17. The first-order valence-corrected chi connectivity index (χ1v) is 3.92. The molecule has 0 aliphatic carbocycles. The number of benzene rings is 1. The van der Waals surface area contributed by atoms with Gasteiger partial charge in [-0.1, -0.05) is 34.5 Å². The van der Waals surface area contributed by atoms with Crippen LogP contribution >= 0.6 is 11.9 Å². The summed E-state index contributed by atoms with van der Waals surface area (Å²) in [7, 11) is 0. The van der Waals surface area contributed by atoms with Gasteiger partial charge in [-0.25, -0.2) is 0 Å². The molecule has 2 nitrogen and oxygen atoms in total. The summed E-state index contributed by atoms with van der Waals surface area (Å²) in [4.78, 5) is 0. The van der Waals surface area contributed by atoms with E-state index in [4.69, 9.17) is 11.9 Å². The molecule has 0 saturated carbocycles. The predicted octanol–water partition coefficient (Wildman–Crippen LogP) is 2.81. The van der Waals surface area contributed by atoms with Crippen molar-refractivity contribution in [1.29, 1.82) is 0 Å². The van der Waals surface area contributed by atoms with Crippen LogP contribution in [0.25, 0.3) is 0 Å². The zero-order valence-electron chi connectivity index (χ0n) is 7.04. The van der Waals surface area contributed by atoms with Crippen LogP contribution < -0.4 is 0 Å². The lowest BCUT2D eigenvalue weighted by Gasteiger charge is -1.97. The first kappa shape index (κ1) is 9.07. The Kier molecular flexibility index (Phi) is 3.11. The molecule has 1 aromatic rings. The zero-order chi connectivity index (χ0) is 8.97. The molecule has 0 unspecified atom stereocenters. The highest BCUT2D eigenvalue weighted by molar-refractivity contribution is 6.07. The molecule has 0 N–H and O–H groups in total. The van der Waals surface area contributed by atoms with Crippen molar-refractivity contribution in [3.05, 3.63) is 34.9 Å². The molecule has 3 heteroatoms. The van der Waals surface area contributed by atoms with Gasteiger partial charge in [0.15, 0.2) is 11.9 Å². The molecule has 0 amide bonds. The third-order valence-electron chi connectivity index (χ3n) is 1.49. The summed E-state index contributed by atoms with van der Waals surface area (Å²) in [6, 6.07) is 6.11. The summed E-state index contributed by atoms with van der Waals surface area (Å²) >= 11 is 4.93. The second kappa shape index (κ2) is 4.12. The zero-order valence-corrected chi connectivity index (χ0v) is 7.80. The van der Waals surface area contributed by atoms with Crippen molar-refractivity contribution >= 4 is 18.1 Å². The Morgan fingerprint density at radius 1 is 1.25 bits per heavy atom. The SMILES string of the molecule is Cc1cc(C)cc(/C=N/OCl)c1. The summed E-state index contributed by atoms with van der Waals surface area (Å²) in [5.41, 5.74) is 3.39. The van der Waals surface area contributed by atoms with Crippen LogP contribution in [-0.2, 0) is 4.39 Å². The second-order valence-corrected chi connectivity index (χ2v) is 2.86. The molecule has 0 aliphatic rings. The number of rotatable bonds is 2. The smallest absolute Gasteiger partial charge is 0.167 e. The third kappa shape index (κ3) is 2.55. The molecule has 0 aliphatic heterocycles. The summed E-state index contributed by atoms with van der Waals surface area (Å²) in [5.74, 6) is 0. The van der Waals surface area contributed by atoms with Crippen LogP contribution in [0.1, 0.15) is 16.7 Å². The van der Waals surface area contributed by atoms with Gasteiger partial charge >= 0.3 is 0 Å². The Morgan fingerprint density at radius 2 is 1.83 bits per heavy atom. The largest absolute Gasteiger partial charge is 0.277 e. The van der Waals surface area contributed by atoms with Crippen molar-refractivity contribution in [2.45, 2.75) is 13.8 Å². The Hall–Kier alpha value is -1.02. The van der Waals surface area contributed by atoms with E-state index in [1.807, 2.05) is 26.0 Å². The summed E-state index contributed by atoms with van der Waals surface area (Å²) in [5, 5.41) is 3.46. The fourth-order valence-corrected chi connectivity index (χ4v) is 1.21. The maximum atomic E-state index is 4.93. The molecule has 0 fully saturated rings. The Morgan fingerprint density at radius 3 is 2.33 bits per heavy atom. The average Bonchev–Trinajstić information content (AvgIpc) is 1.99. The molecule has 1 aromatic carbocycles. The van der Waals surface area contributed by atoms with Crippen molar-refractivity contribution in [3.63, 3.8) is 0 Å². The number of hydrogen-bond donors (Lipinski definition) is 0. The van der Waals surface area contributed by atoms with Crippen LogP contribution in [0.5, 0.6) is 0 Å². The second-order valence-electron chi connectivity index (χ2n) is 2.72. The summed E-state index contributed by atoms with van der Waals surface area (Å²) < 4.78 is 4.07. The maximum absolute atomic E-state index is 4.93. The maximum Gasteiger partial charge on any atom is 0.167 e. The Bertz CT molecular complexity index is 276. The van der Waals surface area contributed by atoms with E-state index in [-0.39, 0.29) is 0 Å². The van der Waals surface area contributed by atoms with Crippen molar-refractivity contribution < 1.29 is 4.39 Å². The monoisotopic (exact) mass is 183 g/mol. The first-order chi connectivity index (χ1) is 5.72. The fraction of sp³-hybridized carbons (Fsp3) is 0.222. The van der Waals surface area contributed by atoms with E-state index in [1.54, 1.807) is 6.21 Å². The highest BCUT2D eigenvalue weighted by Gasteiger charge is 1.91. The Labute approximate surface area is 77.0 Å². The standard InChI is InChI=1S/C9H10ClNO/c1-7-3-8(2)5-9(4-7)6-11-12-10/h3-6H,1-2H3/b11-6+. The van der Waals surface area contributed by atoms with Gasteiger partial charge < -0.3 is 0 Å². The van der Waals surface area contributed by atoms with E-state index >= 15 is 0 Å². The minimum atomic E-state index is 0.994. The minimum Gasteiger partial charge on any atom is -0.277 e. The van der Waals surface area contributed by atoms with Gasteiger partial charge in [0.25, 0.3) is 0 Å². The molecule has 64 valence electrons. The molecular weight excluding hydrogens is 174 g/mol. The van der Waals surface area contributed by atoms with Gasteiger partial charge in [0.1, 0.15) is 0 Å². The third-order valence-corrected chi connectivity index (χ3v) is 1.57. The minimum absolute atomic E-state index is 0.994. The van der Waals surface area contributed by atoms with Crippen LogP contribution in [0.15, 0.2) is 23.4 Å². The van der Waals surface area contributed by atoms with E-state index in [2.05, 4.69) is 15.6 Å². The lowest BCUT2D eigenvalue weighted by Crippen LogP contribution is -1.85. The van der Waals surface area contributed by atoms with Gasteiger partial charge in [0.05, 0.1) is 6.21 Å². The summed E-state index contributed by atoms with van der Waals surface area (Å²) in [6.45, 7) is 4.07.